The van der Waals surface area contributed by atoms with E-state index in [1.807, 2.05) is 18.2 Å². The predicted molar refractivity (Wildman–Crippen MR) is 116 cm³/mol. The molecule has 0 aliphatic heterocycles. The van der Waals surface area contributed by atoms with E-state index >= 15 is 0 Å². The Kier molecular flexibility index (Phi) is 5.75. The van der Waals surface area contributed by atoms with Gasteiger partial charge < -0.3 is 19.8 Å². The van der Waals surface area contributed by atoms with Gasteiger partial charge in [0.2, 0.25) is 5.56 Å². The first-order valence-electron chi connectivity index (χ1n) is 9.51. The topological polar surface area (TPSA) is 97.5 Å². The molecule has 0 saturated heterocycles. The van der Waals surface area contributed by atoms with E-state index in [4.69, 9.17) is 9.47 Å². The second-order valence-corrected chi connectivity index (χ2v) is 6.63. The average Bonchev–Trinajstić information content (AvgIpc) is 2.79. The molecule has 0 bridgehead atoms. The lowest BCUT2D eigenvalue weighted by molar-refractivity contribution is -0.119. The zero-order chi connectivity index (χ0) is 21.6. The van der Waals surface area contributed by atoms with E-state index in [2.05, 4.69) is 10.3 Å². The standard InChI is InChI=1S/C24H18N2O5/c27-22-14-18(17-10-4-5-11-19(17)25-22)24(29)30-15-23(28)26-20-12-6-7-13-21(20)31-16-8-2-1-3-9-16/h1-14H,15H2,(H,25,27)(H,26,28). The van der Waals surface area contributed by atoms with E-state index in [0.717, 1.165) is 6.07 Å². The third kappa shape index (κ3) is 4.79. The van der Waals surface area contributed by atoms with Gasteiger partial charge in [0.05, 0.1) is 11.3 Å². The number of hydrogen-bond acceptors (Lipinski definition) is 5. The molecular weight excluding hydrogens is 396 g/mol. The van der Waals surface area contributed by atoms with Crippen LogP contribution >= 0.6 is 0 Å². The number of H-pyrrole nitrogens is 1. The third-order valence-corrected chi connectivity index (χ3v) is 4.44. The predicted octanol–water partition coefficient (Wildman–Crippen LogP) is 4.12. The van der Waals surface area contributed by atoms with Crippen LogP contribution in [0.25, 0.3) is 10.9 Å². The van der Waals surface area contributed by atoms with Gasteiger partial charge in [0.15, 0.2) is 12.4 Å². The zero-order valence-electron chi connectivity index (χ0n) is 16.3. The second kappa shape index (κ2) is 8.96. The van der Waals surface area contributed by atoms with Gasteiger partial charge in [0, 0.05) is 17.0 Å². The van der Waals surface area contributed by atoms with Gasteiger partial charge in [-0.3, -0.25) is 9.59 Å². The molecule has 154 valence electrons. The molecule has 0 fully saturated rings. The van der Waals surface area contributed by atoms with Gasteiger partial charge in [-0.25, -0.2) is 4.79 Å². The molecule has 1 aromatic heterocycles. The summed E-state index contributed by atoms with van der Waals surface area (Å²) in [5, 5.41) is 3.21. The number of nitrogens with one attached hydrogen (secondary N) is 2. The second-order valence-electron chi connectivity index (χ2n) is 6.63. The molecule has 0 aliphatic rings. The Morgan fingerprint density at radius 1 is 0.871 bits per heavy atom. The molecule has 1 heterocycles. The number of carbonyl (C=O) groups is 2. The Morgan fingerprint density at radius 3 is 2.42 bits per heavy atom. The summed E-state index contributed by atoms with van der Waals surface area (Å²) >= 11 is 0. The van der Waals surface area contributed by atoms with Crippen molar-refractivity contribution >= 4 is 28.5 Å². The molecule has 7 nitrogen and oxygen atoms in total. The summed E-state index contributed by atoms with van der Waals surface area (Å²) in [6, 6.07) is 24.1. The fraction of sp³-hybridized carbons (Fsp3) is 0.0417. The molecule has 0 aliphatic carbocycles. The number of fused-ring (bicyclic) bond motifs is 1. The molecule has 3 aromatic carbocycles. The summed E-state index contributed by atoms with van der Waals surface area (Å²) in [5.41, 5.74) is 0.620. The van der Waals surface area contributed by atoms with Crippen molar-refractivity contribution in [1.29, 1.82) is 0 Å². The molecule has 7 heteroatoms. The van der Waals surface area contributed by atoms with Crippen LogP contribution in [0.3, 0.4) is 0 Å². The number of anilines is 1. The lowest BCUT2D eigenvalue weighted by Crippen LogP contribution is -2.22. The number of aromatic nitrogens is 1. The minimum atomic E-state index is -0.758. The first-order chi connectivity index (χ1) is 15.1. The Morgan fingerprint density at radius 2 is 1.58 bits per heavy atom. The van der Waals surface area contributed by atoms with Crippen LogP contribution in [-0.2, 0) is 9.53 Å². The molecular formula is C24H18N2O5. The van der Waals surface area contributed by atoms with Gasteiger partial charge in [-0.15, -0.1) is 0 Å². The fourth-order valence-corrected chi connectivity index (χ4v) is 3.04. The summed E-state index contributed by atoms with van der Waals surface area (Å²) in [7, 11) is 0. The van der Waals surface area contributed by atoms with E-state index in [1.165, 1.54) is 0 Å². The molecule has 4 rings (SSSR count). The number of esters is 1. The Bertz CT molecular complexity index is 1300. The number of carbonyl (C=O) groups excluding carboxylic acids is 2. The third-order valence-electron chi connectivity index (χ3n) is 4.44. The van der Waals surface area contributed by atoms with E-state index in [9.17, 15) is 14.4 Å². The Labute approximate surface area is 177 Å². The number of hydrogen-bond donors (Lipinski definition) is 2. The average molecular weight is 414 g/mol. The maximum atomic E-state index is 12.5. The maximum Gasteiger partial charge on any atom is 0.339 e. The van der Waals surface area contributed by atoms with Crippen LogP contribution in [0.1, 0.15) is 10.4 Å². The minimum absolute atomic E-state index is 0.0972. The van der Waals surface area contributed by atoms with Crippen LogP contribution < -0.4 is 15.6 Å². The van der Waals surface area contributed by atoms with Crippen molar-refractivity contribution in [2.24, 2.45) is 0 Å². The van der Waals surface area contributed by atoms with E-state index in [0.29, 0.717) is 28.1 Å². The summed E-state index contributed by atoms with van der Waals surface area (Å²) < 4.78 is 10.9. The molecule has 0 atom stereocenters. The first-order valence-corrected chi connectivity index (χ1v) is 9.51. The first kappa shape index (κ1) is 19.9. The smallest absolute Gasteiger partial charge is 0.339 e. The highest BCUT2D eigenvalue weighted by Crippen LogP contribution is 2.29. The van der Waals surface area contributed by atoms with Crippen molar-refractivity contribution in [2.75, 3.05) is 11.9 Å². The Hall–Kier alpha value is -4.39. The maximum absolute atomic E-state index is 12.5. The van der Waals surface area contributed by atoms with Crippen molar-refractivity contribution in [3.63, 3.8) is 0 Å². The zero-order valence-corrected chi connectivity index (χ0v) is 16.3. The quantitative estimate of drug-likeness (QED) is 0.463. The number of ether oxygens (including phenoxy) is 2. The summed E-state index contributed by atoms with van der Waals surface area (Å²) in [6.07, 6.45) is 0. The molecule has 0 saturated carbocycles. The number of aromatic amines is 1. The van der Waals surface area contributed by atoms with E-state index in [1.54, 1.807) is 60.7 Å². The molecule has 4 aromatic rings. The van der Waals surface area contributed by atoms with Crippen molar-refractivity contribution < 1.29 is 19.1 Å². The van der Waals surface area contributed by atoms with Gasteiger partial charge in [-0.1, -0.05) is 48.5 Å². The van der Waals surface area contributed by atoms with Crippen LogP contribution in [0.4, 0.5) is 5.69 Å². The normalized spacial score (nSPS) is 10.5. The lowest BCUT2D eigenvalue weighted by Gasteiger charge is -2.12. The molecule has 31 heavy (non-hydrogen) atoms. The highest BCUT2D eigenvalue weighted by molar-refractivity contribution is 6.04. The monoisotopic (exact) mass is 414 g/mol. The molecule has 0 unspecified atom stereocenters. The number of pyridine rings is 1. The lowest BCUT2D eigenvalue weighted by atomic mass is 10.1. The van der Waals surface area contributed by atoms with Crippen LogP contribution in [0, 0.1) is 0 Å². The van der Waals surface area contributed by atoms with Crippen LogP contribution in [0.2, 0.25) is 0 Å². The van der Waals surface area contributed by atoms with Crippen molar-refractivity contribution in [1.82, 2.24) is 4.98 Å². The van der Waals surface area contributed by atoms with Crippen LogP contribution in [0.5, 0.6) is 11.5 Å². The van der Waals surface area contributed by atoms with Crippen molar-refractivity contribution in [2.45, 2.75) is 0 Å². The fourth-order valence-electron chi connectivity index (χ4n) is 3.04. The molecule has 0 radical (unpaired) electrons. The molecule has 2 N–H and O–H groups in total. The largest absolute Gasteiger partial charge is 0.455 e. The summed E-state index contributed by atoms with van der Waals surface area (Å²) in [4.78, 5) is 39.3. The van der Waals surface area contributed by atoms with Gasteiger partial charge in [-0.2, -0.15) is 0 Å². The van der Waals surface area contributed by atoms with Crippen LogP contribution in [-0.4, -0.2) is 23.5 Å². The minimum Gasteiger partial charge on any atom is -0.455 e. The van der Waals surface area contributed by atoms with E-state index in [-0.39, 0.29) is 5.56 Å². The van der Waals surface area contributed by atoms with Gasteiger partial charge in [-0.05, 0) is 30.3 Å². The van der Waals surface area contributed by atoms with Crippen LogP contribution in [0.15, 0.2) is 89.7 Å². The molecule has 0 spiro atoms. The van der Waals surface area contributed by atoms with Gasteiger partial charge in [0.1, 0.15) is 5.75 Å². The highest BCUT2D eigenvalue weighted by atomic mass is 16.5. The number of rotatable bonds is 6. The van der Waals surface area contributed by atoms with E-state index < -0.39 is 24.0 Å². The van der Waals surface area contributed by atoms with Crippen molar-refractivity contribution in [3.8, 4) is 11.5 Å². The van der Waals surface area contributed by atoms with Gasteiger partial charge >= 0.3 is 5.97 Å². The summed E-state index contributed by atoms with van der Waals surface area (Å²) in [6.45, 7) is -0.514. The summed E-state index contributed by atoms with van der Waals surface area (Å²) in [5.74, 6) is -0.219. The van der Waals surface area contributed by atoms with Gasteiger partial charge in [0.25, 0.3) is 5.91 Å². The van der Waals surface area contributed by atoms with Crippen molar-refractivity contribution in [3.05, 3.63) is 101 Å². The number of para-hydroxylation sites is 4. The molecule has 1 amide bonds. The Balaban J connectivity index is 1.44. The highest BCUT2D eigenvalue weighted by Gasteiger charge is 2.16. The SMILES string of the molecule is O=C(COC(=O)c1cc(=O)[nH]c2ccccc12)Nc1ccccc1Oc1ccccc1. The number of benzene rings is 3. The number of amides is 1.